The van der Waals surface area contributed by atoms with Crippen molar-refractivity contribution in [2.45, 2.75) is 25.0 Å². The van der Waals surface area contributed by atoms with Gasteiger partial charge in [0.15, 0.2) is 5.82 Å². The predicted octanol–water partition coefficient (Wildman–Crippen LogP) is 1.79. The fraction of sp³-hybridized carbons (Fsp3) is 0.357. The lowest BCUT2D eigenvalue weighted by atomic mass is 10.1. The van der Waals surface area contributed by atoms with Crippen LogP contribution in [0, 0.1) is 5.82 Å². The highest BCUT2D eigenvalue weighted by Crippen LogP contribution is 2.26. The highest BCUT2D eigenvalue weighted by molar-refractivity contribution is 6.30. The number of halogens is 2. The van der Waals surface area contributed by atoms with Gasteiger partial charge in [0, 0.05) is 6.61 Å². The SMILES string of the molecule is O=C(Cc1cccc(Cl)c1F)N[C@H]1CCO[C@H]1c1ncn[nH]1. The van der Waals surface area contributed by atoms with Crippen LogP contribution in [-0.2, 0) is 16.0 Å². The second-order valence-electron chi connectivity index (χ2n) is 5.01. The van der Waals surface area contributed by atoms with Gasteiger partial charge < -0.3 is 10.1 Å². The molecule has 0 aliphatic carbocycles. The minimum absolute atomic E-state index is 0.00837. The summed E-state index contributed by atoms with van der Waals surface area (Å²) < 4.78 is 19.4. The van der Waals surface area contributed by atoms with Crippen LogP contribution in [-0.4, -0.2) is 33.7 Å². The second kappa shape index (κ2) is 6.41. The maximum absolute atomic E-state index is 13.8. The van der Waals surface area contributed by atoms with Crippen molar-refractivity contribution >= 4 is 17.5 Å². The lowest BCUT2D eigenvalue weighted by molar-refractivity contribution is -0.121. The molecule has 2 atom stereocenters. The molecule has 1 aliphatic heterocycles. The molecule has 0 saturated carbocycles. The maximum Gasteiger partial charge on any atom is 0.224 e. The highest BCUT2D eigenvalue weighted by atomic mass is 35.5. The van der Waals surface area contributed by atoms with Crippen molar-refractivity contribution in [2.24, 2.45) is 0 Å². The van der Waals surface area contributed by atoms with Gasteiger partial charge in [0.1, 0.15) is 18.2 Å². The smallest absolute Gasteiger partial charge is 0.224 e. The molecule has 0 spiro atoms. The van der Waals surface area contributed by atoms with Crippen molar-refractivity contribution in [3.8, 4) is 0 Å². The summed E-state index contributed by atoms with van der Waals surface area (Å²) >= 11 is 5.71. The summed E-state index contributed by atoms with van der Waals surface area (Å²) in [6, 6.07) is 4.38. The first-order valence-electron chi connectivity index (χ1n) is 6.84. The summed E-state index contributed by atoms with van der Waals surface area (Å²) in [7, 11) is 0. The van der Waals surface area contributed by atoms with Gasteiger partial charge in [0.2, 0.25) is 5.91 Å². The number of amides is 1. The number of hydrogen-bond acceptors (Lipinski definition) is 4. The molecule has 2 aromatic rings. The zero-order valence-corrected chi connectivity index (χ0v) is 12.3. The molecule has 116 valence electrons. The average molecular weight is 325 g/mol. The minimum atomic E-state index is -0.561. The fourth-order valence-corrected chi connectivity index (χ4v) is 2.67. The van der Waals surface area contributed by atoms with Gasteiger partial charge in [-0.25, -0.2) is 9.37 Å². The fourth-order valence-electron chi connectivity index (χ4n) is 2.47. The monoisotopic (exact) mass is 324 g/mol. The molecule has 22 heavy (non-hydrogen) atoms. The van der Waals surface area contributed by atoms with Crippen LogP contribution in [0.25, 0.3) is 0 Å². The summed E-state index contributed by atoms with van der Waals surface area (Å²) in [4.78, 5) is 16.2. The van der Waals surface area contributed by atoms with Crippen LogP contribution in [0.5, 0.6) is 0 Å². The Balaban J connectivity index is 1.65. The van der Waals surface area contributed by atoms with E-state index in [0.717, 1.165) is 0 Å². The van der Waals surface area contributed by atoms with Gasteiger partial charge >= 0.3 is 0 Å². The van der Waals surface area contributed by atoms with Gasteiger partial charge in [0.05, 0.1) is 17.5 Å². The first-order chi connectivity index (χ1) is 10.6. The van der Waals surface area contributed by atoms with Crippen molar-refractivity contribution in [1.29, 1.82) is 0 Å². The van der Waals surface area contributed by atoms with Gasteiger partial charge in [-0.3, -0.25) is 9.89 Å². The van der Waals surface area contributed by atoms with Crippen molar-refractivity contribution in [3.05, 3.63) is 46.8 Å². The van der Waals surface area contributed by atoms with Crippen LogP contribution in [0.15, 0.2) is 24.5 Å². The van der Waals surface area contributed by atoms with Gasteiger partial charge in [0.25, 0.3) is 0 Å². The van der Waals surface area contributed by atoms with Crippen LogP contribution in [0.1, 0.15) is 23.9 Å². The molecule has 0 unspecified atom stereocenters. The largest absolute Gasteiger partial charge is 0.368 e. The Hall–Kier alpha value is -1.99. The summed E-state index contributed by atoms with van der Waals surface area (Å²) in [6.45, 7) is 0.516. The zero-order valence-electron chi connectivity index (χ0n) is 11.6. The molecule has 1 aliphatic rings. The number of ether oxygens (including phenoxy) is 1. The van der Waals surface area contributed by atoms with E-state index >= 15 is 0 Å². The number of nitrogens with zero attached hydrogens (tertiary/aromatic N) is 2. The third-order valence-electron chi connectivity index (χ3n) is 3.52. The zero-order chi connectivity index (χ0) is 15.5. The average Bonchev–Trinajstić information content (AvgIpc) is 3.14. The van der Waals surface area contributed by atoms with Gasteiger partial charge in [-0.15, -0.1) is 0 Å². The Bertz CT molecular complexity index is 665. The number of rotatable bonds is 4. The molecule has 8 heteroatoms. The van der Waals surface area contributed by atoms with Crippen molar-refractivity contribution < 1.29 is 13.9 Å². The van der Waals surface area contributed by atoms with Crippen LogP contribution in [0.2, 0.25) is 5.02 Å². The first kappa shape index (κ1) is 14.9. The van der Waals surface area contributed by atoms with Crippen LogP contribution >= 0.6 is 11.6 Å². The topological polar surface area (TPSA) is 79.9 Å². The van der Waals surface area contributed by atoms with Crippen LogP contribution in [0.4, 0.5) is 4.39 Å². The Morgan fingerprint density at radius 1 is 1.55 bits per heavy atom. The van der Waals surface area contributed by atoms with Crippen molar-refractivity contribution in [1.82, 2.24) is 20.5 Å². The molecule has 1 amide bonds. The van der Waals surface area contributed by atoms with E-state index in [1.807, 2.05) is 0 Å². The molecule has 1 aromatic carbocycles. The molecule has 2 heterocycles. The summed E-state index contributed by atoms with van der Waals surface area (Å²) in [5, 5.41) is 9.37. The Labute approximate surface area is 131 Å². The third kappa shape index (κ3) is 3.10. The van der Waals surface area contributed by atoms with E-state index in [-0.39, 0.29) is 35.1 Å². The van der Waals surface area contributed by atoms with E-state index in [4.69, 9.17) is 16.3 Å². The lowest BCUT2D eigenvalue weighted by Gasteiger charge is -2.18. The number of carbonyl (C=O) groups is 1. The Morgan fingerprint density at radius 2 is 2.41 bits per heavy atom. The van der Waals surface area contributed by atoms with Gasteiger partial charge in [-0.2, -0.15) is 5.10 Å². The quantitative estimate of drug-likeness (QED) is 0.898. The number of carbonyl (C=O) groups excluding carboxylic acids is 1. The first-order valence-corrected chi connectivity index (χ1v) is 7.22. The summed E-state index contributed by atoms with van der Waals surface area (Å²) in [5.74, 6) is -0.285. The van der Waals surface area contributed by atoms with Crippen molar-refractivity contribution in [2.75, 3.05) is 6.61 Å². The van der Waals surface area contributed by atoms with Crippen molar-refractivity contribution in [3.63, 3.8) is 0 Å². The van der Waals surface area contributed by atoms with E-state index in [9.17, 15) is 9.18 Å². The molecular weight excluding hydrogens is 311 g/mol. The lowest BCUT2D eigenvalue weighted by Crippen LogP contribution is -2.38. The molecule has 6 nitrogen and oxygen atoms in total. The molecule has 1 aromatic heterocycles. The minimum Gasteiger partial charge on any atom is -0.368 e. The Kier molecular flexibility index (Phi) is 4.35. The number of aromatic amines is 1. The second-order valence-corrected chi connectivity index (χ2v) is 5.42. The normalized spacial score (nSPS) is 21.0. The molecule has 1 fully saturated rings. The molecule has 0 bridgehead atoms. The number of nitrogens with one attached hydrogen (secondary N) is 2. The van der Waals surface area contributed by atoms with Gasteiger partial charge in [-0.1, -0.05) is 23.7 Å². The van der Waals surface area contributed by atoms with E-state index in [1.54, 1.807) is 12.1 Å². The standard InChI is InChI=1S/C14H14ClFN4O2/c15-9-3-1-2-8(12(9)16)6-11(21)19-10-4-5-22-13(10)14-17-7-18-20-14/h1-3,7,10,13H,4-6H2,(H,19,21)(H,17,18,20)/t10-,13+/m0/s1. The van der Waals surface area contributed by atoms with Gasteiger partial charge in [-0.05, 0) is 18.1 Å². The maximum atomic E-state index is 13.8. The number of H-pyrrole nitrogens is 1. The molecule has 2 N–H and O–H groups in total. The number of benzene rings is 1. The predicted molar refractivity (Wildman–Crippen MR) is 76.7 cm³/mol. The van der Waals surface area contributed by atoms with Crippen LogP contribution in [0.3, 0.4) is 0 Å². The molecular formula is C14H14ClFN4O2. The number of aromatic nitrogens is 3. The van der Waals surface area contributed by atoms with Crippen LogP contribution < -0.4 is 5.32 Å². The molecule has 1 saturated heterocycles. The van der Waals surface area contributed by atoms with E-state index in [0.29, 0.717) is 18.9 Å². The number of hydrogen-bond donors (Lipinski definition) is 2. The Morgan fingerprint density at radius 3 is 3.18 bits per heavy atom. The third-order valence-corrected chi connectivity index (χ3v) is 3.82. The van der Waals surface area contributed by atoms with E-state index < -0.39 is 5.82 Å². The highest BCUT2D eigenvalue weighted by Gasteiger charge is 2.33. The summed E-state index contributed by atoms with van der Waals surface area (Å²) in [5.41, 5.74) is 0.264. The van der Waals surface area contributed by atoms with E-state index in [1.165, 1.54) is 12.4 Å². The molecule has 0 radical (unpaired) electrons. The van der Waals surface area contributed by atoms with E-state index in [2.05, 4.69) is 20.5 Å². The molecule has 3 rings (SSSR count). The summed E-state index contributed by atoms with van der Waals surface area (Å²) in [6.07, 6.45) is 1.61.